The Balaban J connectivity index is 1.82. The quantitative estimate of drug-likeness (QED) is 0.869. The lowest BCUT2D eigenvalue weighted by Crippen LogP contribution is -2.35. The van der Waals surface area contributed by atoms with E-state index in [4.69, 9.17) is 11.6 Å². The van der Waals surface area contributed by atoms with Gasteiger partial charge in [0.15, 0.2) is 5.82 Å². The number of carbonyl (C=O) groups is 1. The summed E-state index contributed by atoms with van der Waals surface area (Å²) in [5.41, 5.74) is 1.99. The van der Waals surface area contributed by atoms with Gasteiger partial charge in [0.1, 0.15) is 17.3 Å². The highest BCUT2D eigenvalue weighted by Crippen LogP contribution is 2.24. The molecular formula is C16H15ClN6OS. The summed E-state index contributed by atoms with van der Waals surface area (Å²) in [6.45, 7) is 6.41. The zero-order valence-corrected chi connectivity index (χ0v) is 15.0. The van der Waals surface area contributed by atoms with E-state index in [9.17, 15) is 4.79 Å². The highest BCUT2D eigenvalue weighted by molar-refractivity contribution is 7.09. The predicted octanol–water partition coefficient (Wildman–Crippen LogP) is 2.48. The molecular weight excluding hydrogens is 360 g/mol. The van der Waals surface area contributed by atoms with Gasteiger partial charge in [0.2, 0.25) is 5.91 Å². The Kier molecular flexibility index (Phi) is 5.20. The van der Waals surface area contributed by atoms with Gasteiger partial charge < -0.3 is 5.32 Å². The minimum atomic E-state index is -0.126. The number of allylic oxidation sites excluding steroid dienone is 2. The molecule has 7 nitrogen and oxygen atoms in total. The van der Waals surface area contributed by atoms with E-state index >= 15 is 0 Å². The second kappa shape index (κ2) is 7.54. The van der Waals surface area contributed by atoms with Crippen molar-refractivity contribution in [1.82, 2.24) is 24.7 Å². The minimum Gasteiger partial charge on any atom is -0.355 e. The van der Waals surface area contributed by atoms with Gasteiger partial charge in [0.25, 0.3) is 0 Å². The molecule has 0 fully saturated rings. The Morgan fingerprint density at radius 1 is 1.40 bits per heavy atom. The van der Waals surface area contributed by atoms with Crippen molar-refractivity contribution < 1.29 is 4.79 Å². The van der Waals surface area contributed by atoms with Crippen LogP contribution in [0, 0.1) is 0 Å². The SMILES string of the molecule is C=C1C=CC(c2nsc(-c3cncc(Cl)c3)n2)=NN1CC(=O)NCC. The Hall–Kier alpha value is -2.58. The lowest BCUT2D eigenvalue weighted by molar-refractivity contribution is -0.121. The molecule has 0 unspecified atom stereocenters. The molecule has 2 aromatic heterocycles. The number of halogens is 1. The first kappa shape index (κ1) is 17.2. The molecule has 0 saturated heterocycles. The van der Waals surface area contributed by atoms with E-state index in [2.05, 4.69) is 31.3 Å². The molecule has 128 valence electrons. The van der Waals surface area contributed by atoms with E-state index < -0.39 is 0 Å². The number of aromatic nitrogens is 3. The zero-order valence-electron chi connectivity index (χ0n) is 13.4. The lowest BCUT2D eigenvalue weighted by Gasteiger charge is -2.22. The number of carbonyl (C=O) groups excluding carboxylic acids is 1. The Morgan fingerprint density at radius 3 is 3.00 bits per heavy atom. The summed E-state index contributed by atoms with van der Waals surface area (Å²) in [4.78, 5) is 20.3. The second-order valence-corrected chi connectivity index (χ2v) is 6.32. The number of amides is 1. The molecule has 1 aliphatic rings. The molecule has 3 rings (SSSR count). The van der Waals surface area contributed by atoms with Crippen molar-refractivity contribution in [3.63, 3.8) is 0 Å². The number of hydrazone groups is 1. The maximum Gasteiger partial charge on any atom is 0.241 e. The van der Waals surface area contributed by atoms with Gasteiger partial charge in [-0.05, 0) is 36.7 Å². The number of nitrogens with one attached hydrogen (secondary N) is 1. The summed E-state index contributed by atoms with van der Waals surface area (Å²) in [5, 5.41) is 9.92. The van der Waals surface area contributed by atoms with Crippen LogP contribution in [0.15, 0.2) is 48.0 Å². The summed E-state index contributed by atoms with van der Waals surface area (Å²) in [6, 6.07) is 1.78. The topological polar surface area (TPSA) is 83.4 Å². The summed E-state index contributed by atoms with van der Waals surface area (Å²) >= 11 is 7.20. The largest absolute Gasteiger partial charge is 0.355 e. The molecule has 3 heterocycles. The highest BCUT2D eigenvalue weighted by Gasteiger charge is 2.18. The maximum absolute atomic E-state index is 11.8. The van der Waals surface area contributed by atoms with Crippen LogP contribution in [0.2, 0.25) is 5.02 Å². The minimum absolute atomic E-state index is 0.0930. The monoisotopic (exact) mass is 374 g/mol. The van der Waals surface area contributed by atoms with Crippen LogP contribution in [0.5, 0.6) is 0 Å². The average Bonchev–Trinajstić information content (AvgIpc) is 3.07. The molecule has 0 atom stereocenters. The van der Waals surface area contributed by atoms with E-state index in [0.717, 1.165) is 5.56 Å². The lowest BCUT2D eigenvalue weighted by atomic mass is 10.2. The molecule has 0 spiro atoms. The Labute approximate surface area is 153 Å². The fourth-order valence-electron chi connectivity index (χ4n) is 2.11. The normalized spacial score (nSPS) is 13.8. The van der Waals surface area contributed by atoms with E-state index in [-0.39, 0.29) is 12.5 Å². The van der Waals surface area contributed by atoms with Crippen LogP contribution in [0.4, 0.5) is 0 Å². The molecule has 2 aromatic rings. The van der Waals surface area contributed by atoms with Crippen LogP contribution in [0.25, 0.3) is 10.6 Å². The van der Waals surface area contributed by atoms with Crippen molar-refractivity contribution in [2.24, 2.45) is 5.10 Å². The van der Waals surface area contributed by atoms with Crippen LogP contribution in [-0.2, 0) is 4.79 Å². The number of rotatable bonds is 5. The van der Waals surface area contributed by atoms with Gasteiger partial charge >= 0.3 is 0 Å². The van der Waals surface area contributed by atoms with Crippen molar-refractivity contribution >= 4 is 34.8 Å². The van der Waals surface area contributed by atoms with Crippen LogP contribution >= 0.6 is 23.1 Å². The highest BCUT2D eigenvalue weighted by atomic mass is 35.5. The average molecular weight is 375 g/mol. The molecule has 1 N–H and O–H groups in total. The number of pyridine rings is 1. The standard InChI is InChI=1S/C16H15ClN6OS/c1-3-19-14(24)9-23-10(2)4-5-13(21-23)15-20-16(25-22-15)11-6-12(17)8-18-7-11/h4-8H,2-3,9H2,1H3,(H,19,24). The van der Waals surface area contributed by atoms with Gasteiger partial charge in [-0.2, -0.15) is 9.47 Å². The van der Waals surface area contributed by atoms with Gasteiger partial charge in [-0.25, -0.2) is 4.98 Å². The fraction of sp³-hybridized carbons (Fsp3) is 0.188. The third-order valence-corrected chi connectivity index (χ3v) is 4.24. The maximum atomic E-state index is 11.8. The predicted molar refractivity (Wildman–Crippen MR) is 98.4 cm³/mol. The molecule has 9 heteroatoms. The van der Waals surface area contributed by atoms with E-state index in [1.807, 2.05) is 6.92 Å². The molecule has 25 heavy (non-hydrogen) atoms. The molecule has 0 saturated carbocycles. The summed E-state index contributed by atoms with van der Waals surface area (Å²) in [6.07, 6.45) is 6.80. The molecule has 0 radical (unpaired) electrons. The van der Waals surface area contributed by atoms with Gasteiger partial charge in [0, 0.05) is 24.5 Å². The van der Waals surface area contributed by atoms with Crippen molar-refractivity contribution in [2.45, 2.75) is 6.92 Å². The van der Waals surface area contributed by atoms with Crippen molar-refractivity contribution in [1.29, 1.82) is 0 Å². The second-order valence-electron chi connectivity index (χ2n) is 5.14. The van der Waals surface area contributed by atoms with Crippen LogP contribution in [0.3, 0.4) is 0 Å². The van der Waals surface area contributed by atoms with Gasteiger partial charge in [-0.15, -0.1) is 0 Å². The number of hydrogen-bond donors (Lipinski definition) is 1. The first-order valence-electron chi connectivity index (χ1n) is 7.51. The van der Waals surface area contributed by atoms with Crippen molar-refractivity contribution in [2.75, 3.05) is 13.1 Å². The number of nitrogens with zero attached hydrogens (tertiary/aromatic N) is 5. The van der Waals surface area contributed by atoms with E-state index in [1.54, 1.807) is 30.6 Å². The van der Waals surface area contributed by atoms with Crippen LogP contribution < -0.4 is 5.32 Å². The zero-order chi connectivity index (χ0) is 17.8. The molecule has 0 bridgehead atoms. The first-order valence-corrected chi connectivity index (χ1v) is 8.66. The van der Waals surface area contributed by atoms with Gasteiger partial charge in [0.05, 0.1) is 10.7 Å². The summed E-state index contributed by atoms with van der Waals surface area (Å²) in [5.74, 6) is 0.351. The molecule has 1 aliphatic heterocycles. The molecule has 0 aromatic carbocycles. The van der Waals surface area contributed by atoms with Gasteiger partial charge in [-0.1, -0.05) is 18.2 Å². The van der Waals surface area contributed by atoms with Crippen LogP contribution in [0.1, 0.15) is 12.7 Å². The van der Waals surface area contributed by atoms with E-state index in [1.165, 1.54) is 16.5 Å². The number of likely N-dealkylation sites (N-methyl/N-ethyl adjacent to an activating group) is 1. The molecule has 1 amide bonds. The smallest absolute Gasteiger partial charge is 0.241 e. The van der Waals surface area contributed by atoms with Crippen molar-refractivity contribution in [3.8, 4) is 10.6 Å². The Morgan fingerprint density at radius 2 is 2.24 bits per heavy atom. The molecule has 0 aliphatic carbocycles. The number of hydrogen-bond acceptors (Lipinski definition) is 7. The summed E-state index contributed by atoms with van der Waals surface area (Å²) in [7, 11) is 0. The van der Waals surface area contributed by atoms with Crippen LogP contribution in [-0.4, -0.2) is 44.1 Å². The first-order chi connectivity index (χ1) is 12.1. The Bertz CT molecular complexity index is 875. The third-order valence-electron chi connectivity index (χ3n) is 3.27. The van der Waals surface area contributed by atoms with Gasteiger partial charge in [-0.3, -0.25) is 14.8 Å². The summed E-state index contributed by atoms with van der Waals surface area (Å²) < 4.78 is 4.34. The van der Waals surface area contributed by atoms with E-state index in [0.29, 0.717) is 33.8 Å². The van der Waals surface area contributed by atoms with Crippen molar-refractivity contribution in [3.05, 3.63) is 53.7 Å². The third kappa shape index (κ3) is 4.09. The fourth-order valence-corrected chi connectivity index (χ4v) is 2.93.